The summed E-state index contributed by atoms with van der Waals surface area (Å²) in [4.78, 5) is 28.1. The summed E-state index contributed by atoms with van der Waals surface area (Å²) in [6.07, 6.45) is 1.58. The van der Waals surface area contributed by atoms with Gasteiger partial charge in [-0.25, -0.2) is 0 Å². The van der Waals surface area contributed by atoms with Crippen LogP contribution in [0.2, 0.25) is 0 Å². The molecule has 0 N–H and O–H groups in total. The van der Waals surface area contributed by atoms with E-state index in [0.29, 0.717) is 31.9 Å². The second kappa shape index (κ2) is 6.47. The van der Waals surface area contributed by atoms with Crippen LogP contribution in [0.5, 0.6) is 0 Å². The Balaban J connectivity index is 1.34. The average Bonchev–Trinajstić information content (AvgIpc) is 3.30. The van der Waals surface area contributed by atoms with Gasteiger partial charge in [-0.2, -0.15) is 0 Å². The summed E-state index contributed by atoms with van der Waals surface area (Å²) in [7, 11) is 0. The fourth-order valence-corrected chi connectivity index (χ4v) is 4.25. The molecule has 1 aliphatic carbocycles. The molecule has 2 aliphatic heterocycles. The zero-order valence-corrected chi connectivity index (χ0v) is 15.3. The van der Waals surface area contributed by atoms with E-state index >= 15 is 0 Å². The predicted octanol–water partition coefficient (Wildman–Crippen LogP) is 0.131. The summed E-state index contributed by atoms with van der Waals surface area (Å²) in [6, 6.07) is 6.55. The number of ketones is 2. The number of ether oxygens (including phenoxy) is 2. The molecule has 0 atom stereocenters. The molecule has 0 radical (unpaired) electrons. The highest BCUT2D eigenvalue weighted by molar-refractivity contribution is 6.26. The van der Waals surface area contributed by atoms with Gasteiger partial charge in [0.15, 0.2) is 5.79 Å². The van der Waals surface area contributed by atoms with Crippen LogP contribution in [0.3, 0.4) is 0 Å². The number of rotatable bonds is 3. The highest BCUT2D eigenvalue weighted by Gasteiger charge is 2.42. The Morgan fingerprint density at radius 1 is 1.04 bits per heavy atom. The average molecular weight is 384 g/mol. The van der Waals surface area contributed by atoms with Crippen LogP contribution in [0.1, 0.15) is 44.9 Å². The second-order valence-corrected chi connectivity index (χ2v) is 7.34. The number of likely N-dealkylation sites (tertiary alicyclic amines) is 1. The predicted molar refractivity (Wildman–Crippen MR) is 94.8 cm³/mol. The van der Waals surface area contributed by atoms with Crippen molar-refractivity contribution in [2.45, 2.75) is 25.2 Å². The molecule has 0 saturated carbocycles. The van der Waals surface area contributed by atoms with Crippen LogP contribution in [-0.4, -0.2) is 65.0 Å². The lowest BCUT2D eigenvalue weighted by molar-refractivity contribution is -0.672. The molecule has 1 aromatic carbocycles. The first-order valence-electron chi connectivity index (χ1n) is 9.47. The topological polar surface area (TPSA) is 101 Å². The molecule has 2 aromatic rings. The number of nitrogens with zero attached hydrogens (tertiary/aromatic N) is 4. The summed E-state index contributed by atoms with van der Waals surface area (Å²) >= 11 is 0. The van der Waals surface area contributed by atoms with Crippen molar-refractivity contribution in [1.82, 2.24) is 14.8 Å². The Morgan fingerprint density at radius 3 is 2.36 bits per heavy atom. The van der Waals surface area contributed by atoms with Gasteiger partial charge in [0.25, 0.3) is 11.4 Å². The van der Waals surface area contributed by atoms with E-state index in [-0.39, 0.29) is 27.6 Å². The Labute approximate surface area is 161 Å². The number of fused-ring (bicyclic) bond motifs is 2. The first-order chi connectivity index (χ1) is 13.6. The maximum absolute atomic E-state index is 12.9. The van der Waals surface area contributed by atoms with Gasteiger partial charge in [-0.1, -0.05) is 24.3 Å². The molecule has 146 valence electrons. The van der Waals surface area contributed by atoms with E-state index < -0.39 is 11.6 Å². The molecule has 9 heteroatoms. The molecule has 1 aromatic heterocycles. The molecule has 5 rings (SSSR count). The van der Waals surface area contributed by atoms with Gasteiger partial charge in [-0.3, -0.25) is 14.5 Å². The first-order valence-corrected chi connectivity index (χ1v) is 9.47. The van der Waals surface area contributed by atoms with Crippen LogP contribution in [0, 0.1) is 5.21 Å². The van der Waals surface area contributed by atoms with Gasteiger partial charge in [0, 0.05) is 43.6 Å². The van der Waals surface area contributed by atoms with Crippen LogP contribution in [0.4, 0.5) is 0 Å². The maximum atomic E-state index is 12.9. The van der Waals surface area contributed by atoms with Crippen LogP contribution in [-0.2, 0) is 16.0 Å². The molecule has 9 nitrogen and oxygen atoms in total. The summed E-state index contributed by atoms with van der Waals surface area (Å²) in [5.74, 6) is -1.23. The van der Waals surface area contributed by atoms with Gasteiger partial charge in [0.2, 0.25) is 11.6 Å². The normalized spacial score (nSPS) is 21.1. The van der Waals surface area contributed by atoms with Crippen molar-refractivity contribution in [3.63, 3.8) is 0 Å². The molecule has 2 saturated heterocycles. The number of hydrogen-bond donors (Lipinski definition) is 0. The van der Waals surface area contributed by atoms with E-state index in [2.05, 4.69) is 10.1 Å². The van der Waals surface area contributed by atoms with Gasteiger partial charge in [-0.15, -0.1) is 9.53 Å². The fourth-order valence-electron chi connectivity index (χ4n) is 4.25. The van der Waals surface area contributed by atoms with Gasteiger partial charge < -0.3 is 14.7 Å². The minimum absolute atomic E-state index is 0.0784. The minimum Gasteiger partial charge on any atom is -0.691 e. The third kappa shape index (κ3) is 2.66. The first kappa shape index (κ1) is 17.5. The lowest BCUT2D eigenvalue weighted by atomic mass is 9.90. The van der Waals surface area contributed by atoms with Crippen molar-refractivity contribution < 1.29 is 23.9 Å². The minimum atomic E-state index is -0.457. The number of carbonyl (C=O) groups excluding carboxylic acids is 2. The number of benzene rings is 1. The van der Waals surface area contributed by atoms with Gasteiger partial charge >= 0.3 is 0 Å². The molecule has 28 heavy (non-hydrogen) atoms. The van der Waals surface area contributed by atoms with E-state index in [0.717, 1.165) is 25.9 Å². The van der Waals surface area contributed by atoms with Crippen molar-refractivity contribution in [2.24, 2.45) is 0 Å². The van der Waals surface area contributed by atoms with Gasteiger partial charge in [-0.05, 0) is 0 Å². The van der Waals surface area contributed by atoms with E-state index in [1.54, 1.807) is 24.3 Å². The fraction of sp³-hybridized carbons (Fsp3) is 0.474. The number of hydrogen-bond acceptors (Lipinski definition) is 7. The highest BCUT2D eigenvalue weighted by atomic mass is 16.7. The lowest BCUT2D eigenvalue weighted by Gasteiger charge is -2.37. The SMILES string of the molecule is O=C1c2ccccc2C(=O)c2c1n(CCN1CCC3(CC1)OCCO3)n[n+]2[O-]. The van der Waals surface area contributed by atoms with E-state index in [1.165, 1.54) is 4.68 Å². The zero-order chi connectivity index (χ0) is 19.3. The molecule has 0 amide bonds. The Hall–Kier alpha value is -2.62. The van der Waals surface area contributed by atoms with E-state index in [1.807, 2.05) is 0 Å². The van der Waals surface area contributed by atoms with Crippen molar-refractivity contribution in [2.75, 3.05) is 32.8 Å². The third-order valence-corrected chi connectivity index (χ3v) is 5.77. The van der Waals surface area contributed by atoms with Crippen molar-refractivity contribution in [3.05, 3.63) is 52.0 Å². The molecule has 3 heterocycles. The second-order valence-electron chi connectivity index (χ2n) is 7.34. The van der Waals surface area contributed by atoms with E-state index in [9.17, 15) is 14.8 Å². The smallest absolute Gasteiger partial charge is 0.254 e. The van der Waals surface area contributed by atoms with E-state index in [4.69, 9.17) is 9.47 Å². The van der Waals surface area contributed by atoms with Crippen molar-refractivity contribution in [1.29, 1.82) is 0 Å². The Morgan fingerprint density at radius 2 is 1.68 bits per heavy atom. The third-order valence-electron chi connectivity index (χ3n) is 5.77. The molecule has 0 unspecified atom stereocenters. The highest BCUT2D eigenvalue weighted by Crippen LogP contribution is 2.31. The van der Waals surface area contributed by atoms with Crippen molar-refractivity contribution in [3.8, 4) is 0 Å². The monoisotopic (exact) mass is 384 g/mol. The number of aromatic nitrogens is 3. The summed E-state index contributed by atoms with van der Waals surface area (Å²) < 4.78 is 12.8. The van der Waals surface area contributed by atoms with Crippen LogP contribution < -0.4 is 4.85 Å². The number of piperidine rings is 1. The Bertz CT molecular complexity index is 953. The summed E-state index contributed by atoms with van der Waals surface area (Å²) in [6.45, 7) is 3.86. The van der Waals surface area contributed by atoms with Crippen molar-refractivity contribution >= 4 is 11.6 Å². The molecular formula is C19H20N4O5. The number of carbonyl (C=O) groups is 2. The Kier molecular flexibility index (Phi) is 4.04. The molecule has 1 spiro atoms. The van der Waals surface area contributed by atoms with Crippen LogP contribution in [0.15, 0.2) is 24.3 Å². The van der Waals surface area contributed by atoms with Gasteiger partial charge in [0.1, 0.15) is 6.54 Å². The summed E-state index contributed by atoms with van der Waals surface area (Å²) in [5, 5.41) is 16.1. The zero-order valence-electron chi connectivity index (χ0n) is 15.3. The standard InChI is InChI=1S/C19H20N4O5/c24-17-13-3-1-2-4-14(13)18(25)16-15(17)22(20-23(16)26)10-9-21-7-5-19(6-8-21)27-11-12-28-19/h1-4H,5-12H2. The van der Waals surface area contributed by atoms with Crippen LogP contribution >= 0.6 is 0 Å². The molecular weight excluding hydrogens is 364 g/mol. The molecule has 2 fully saturated rings. The summed E-state index contributed by atoms with van der Waals surface area (Å²) in [5.41, 5.74) is 0.461. The lowest BCUT2D eigenvalue weighted by Crippen LogP contribution is -2.46. The molecule has 0 bridgehead atoms. The quantitative estimate of drug-likeness (QED) is 0.467. The maximum Gasteiger partial charge on any atom is 0.254 e. The molecule has 3 aliphatic rings. The van der Waals surface area contributed by atoms with Gasteiger partial charge in [0.05, 0.1) is 18.4 Å². The largest absolute Gasteiger partial charge is 0.691 e. The van der Waals surface area contributed by atoms with Crippen LogP contribution in [0.25, 0.3) is 0 Å².